The molecule has 0 aliphatic carbocycles. The smallest absolute Gasteiger partial charge is 0.185 e. The average Bonchev–Trinajstić information content (AvgIpc) is 2.53. The highest BCUT2D eigenvalue weighted by Gasteiger charge is 2.16. The van der Waals surface area contributed by atoms with Gasteiger partial charge >= 0.3 is 0 Å². The maximum absolute atomic E-state index is 12.0. The minimum Gasteiger partial charge on any atom is -0.508 e. The molecule has 0 atom stereocenters. The van der Waals surface area contributed by atoms with Gasteiger partial charge in [0, 0.05) is 5.56 Å². The molecule has 0 saturated heterocycles. The number of allylic oxidation sites excluding steroid dienone is 1. The molecule has 0 bridgehead atoms. The van der Waals surface area contributed by atoms with Crippen LogP contribution in [0.25, 0.3) is 6.08 Å². The number of phenols is 1. The molecule has 2 aromatic rings. The van der Waals surface area contributed by atoms with Gasteiger partial charge in [0.1, 0.15) is 19.0 Å². The minimum absolute atomic E-state index is 0.124. The van der Waals surface area contributed by atoms with Crippen molar-refractivity contribution in [3.8, 4) is 17.2 Å². The number of fused-ring (bicyclic) bond motifs is 1. The number of hydrogen-bond donors (Lipinski definition) is 1. The van der Waals surface area contributed by atoms with E-state index in [1.54, 1.807) is 30.3 Å². The Morgan fingerprint density at radius 1 is 1.14 bits per heavy atom. The van der Waals surface area contributed by atoms with Crippen LogP contribution in [0.15, 0.2) is 42.5 Å². The normalized spacial score (nSPS) is 13.3. The number of halogens is 1. The molecule has 3 rings (SSSR count). The second kappa shape index (κ2) is 6.12. The first-order chi connectivity index (χ1) is 10.6. The third-order valence-electron chi connectivity index (χ3n) is 3.20. The van der Waals surface area contributed by atoms with Crippen LogP contribution in [0.3, 0.4) is 0 Å². The van der Waals surface area contributed by atoms with Crippen LogP contribution in [0.1, 0.15) is 15.9 Å². The summed E-state index contributed by atoms with van der Waals surface area (Å²) >= 11 is 6.15. The van der Waals surface area contributed by atoms with E-state index >= 15 is 0 Å². The second-order valence-electron chi connectivity index (χ2n) is 4.77. The van der Waals surface area contributed by atoms with Crippen LogP contribution in [-0.2, 0) is 0 Å². The Morgan fingerprint density at radius 2 is 1.86 bits per heavy atom. The highest BCUT2D eigenvalue weighted by atomic mass is 35.5. The predicted molar refractivity (Wildman–Crippen MR) is 83.9 cm³/mol. The van der Waals surface area contributed by atoms with Crippen LogP contribution in [0.2, 0.25) is 5.02 Å². The number of aromatic hydroxyl groups is 1. The van der Waals surface area contributed by atoms with Gasteiger partial charge in [-0.15, -0.1) is 0 Å². The Morgan fingerprint density at radius 3 is 2.64 bits per heavy atom. The van der Waals surface area contributed by atoms with Gasteiger partial charge in [0.05, 0.1) is 5.02 Å². The molecule has 4 nitrogen and oxygen atoms in total. The number of phenolic OH excluding ortho intramolecular Hbond substituents is 1. The molecule has 5 heteroatoms. The van der Waals surface area contributed by atoms with Crippen LogP contribution < -0.4 is 9.47 Å². The summed E-state index contributed by atoms with van der Waals surface area (Å²) in [4.78, 5) is 12.0. The van der Waals surface area contributed by atoms with E-state index in [0.29, 0.717) is 35.3 Å². The first kappa shape index (κ1) is 14.5. The highest BCUT2D eigenvalue weighted by molar-refractivity contribution is 6.32. The summed E-state index contributed by atoms with van der Waals surface area (Å²) in [5.41, 5.74) is 1.25. The molecule has 1 aliphatic rings. The Kier molecular flexibility index (Phi) is 4.02. The number of carbonyl (C=O) groups is 1. The van der Waals surface area contributed by atoms with E-state index < -0.39 is 0 Å². The maximum Gasteiger partial charge on any atom is 0.185 e. The SMILES string of the molecule is O=C(/C=C/c1cc(Cl)c2c(c1)OCCO2)c1ccc(O)cc1. The fourth-order valence-electron chi connectivity index (χ4n) is 2.12. The predicted octanol–water partition coefficient (Wildman–Crippen LogP) is 3.71. The van der Waals surface area contributed by atoms with Crippen LogP contribution in [0.4, 0.5) is 0 Å². The number of rotatable bonds is 3. The number of ether oxygens (including phenoxy) is 2. The Labute approximate surface area is 132 Å². The van der Waals surface area contributed by atoms with Gasteiger partial charge in [0.25, 0.3) is 0 Å². The highest BCUT2D eigenvalue weighted by Crippen LogP contribution is 2.38. The zero-order valence-corrected chi connectivity index (χ0v) is 12.3. The van der Waals surface area contributed by atoms with Gasteiger partial charge < -0.3 is 14.6 Å². The third kappa shape index (κ3) is 3.07. The number of carbonyl (C=O) groups excluding carboxylic acids is 1. The fourth-order valence-corrected chi connectivity index (χ4v) is 2.39. The first-order valence-electron chi connectivity index (χ1n) is 6.74. The second-order valence-corrected chi connectivity index (χ2v) is 5.18. The van der Waals surface area contributed by atoms with Crippen molar-refractivity contribution in [3.05, 3.63) is 58.6 Å². The number of ketones is 1. The van der Waals surface area contributed by atoms with Gasteiger partial charge in [-0.05, 0) is 48.0 Å². The quantitative estimate of drug-likeness (QED) is 0.692. The van der Waals surface area contributed by atoms with Gasteiger partial charge in [-0.3, -0.25) is 4.79 Å². The lowest BCUT2D eigenvalue weighted by atomic mass is 10.1. The summed E-state index contributed by atoms with van der Waals surface area (Å²) in [6, 6.07) is 9.58. The van der Waals surface area contributed by atoms with Crippen LogP contribution in [0.5, 0.6) is 17.2 Å². The molecule has 1 heterocycles. The molecule has 22 heavy (non-hydrogen) atoms. The fraction of sp³-hybridized carbons (Fsp3) is 0.118. The molecule has 0 aromatic heterocycles. The summed E-state index contributed by atoms with van der Waals surface area (Å²) < 4.78 is 10.9. The summed E-state index contributed by atoms with van der Waals surface area (Å²) in [6.07, 6.45) is 3.12. The van der Waals surface area contributed by atoms with Crippen molar-refractivity contribution in [2.45, 2.75) is 0 Å². The first-order valence-corrected chi connectivity index (χ1v) is 7.12. The van der Waals surface area contributed by atoms with Crippen molar-refractivity contribution in [1.82, 2.24) is 0 Å². The van der Waals surface area contributed by atoms with E-state index in [2.05, 4.69) is 0 Å². The van der Waals surface area contributed by atoms with E-state index in [-0.39, 0.29) is 11.5 Å². The molecule has 2 aromatic carbocycles. The molecule has 0 amide bonds. The van der Waals surface area contributed by atoms with Gasteiger partial charge in [-0.25, -0.2) is 0 Å². The molecule has 1 aliphatic heterocycles. The zero-order chi connectivity index (χ0) is 15.5. The third-order valence-corrected chi connectivity index (χ3v) is 3.48. The monoisotopic (exact) mass is 316 g/mol. The largest absolute Gasteiger partial charge is 0.508 e. The molecule has 112 valence electrons. The molecule has 0 radical (unpaired) electrons. The standard InChI is InChI=1S/C17H13ClO4/c18-14-9-11(10-16-17(14)22-8-7-21-16)1-6-15(20)12-2-4-13(19)5-3-12/h1-6,9-10,19H,7-8H2/b6-1+. The lowest BCUT2D eigenvalue weighted by Gasteiger charge is -2.19. The minimum atomic E-state index is -0.161. The molecule has 0 spiro atoms. The zero-order valence-electron chi connectivity index (χ0n) is 11.6. The molecule has 1 N–H and O–H groups in total. The van der Waals surface area contributed by atoms with E-state index in [1.807, 2.05) is 0 Å². The van der Waals surface area contributed by atoms with Crippen molar-refractivity contribution >= 4 is 23.5 Å². The summed E-state index contributed by atoms with van der Waals surface area (Å²) in [5.74, 6) is 1.08. The summed E-state index contributed by atoms with van der Waals surface area (Å²) in [7, 11) is 0. The Balaban J connectivity index is 1.82. The lowest BCUT2D eigenvalue weighted by molar-refractivity contribution is 0.104. The van der Waals surface area contributed by atoms with Gasteiger partial charge in [0.15, 0.2) is 17.3 Å². The van der Waals surface area contributed by atoms with Crippen molar-refractivity contribution in [3.63, 3.8) is 0 Å². The van der Waals surface area contributed by atoms with Gasteiger partial charge in [-0.1, -0.05) is 17.7 Å². The van der Waals surface area contributed by atoms with Crippen LogP contribution in [-0.4, -0.2) is 24.1 Å². The van der Waals surface area contributed by atoms with Crippen LogP contribution >= 0.6 is 11.6 Å². The molecule has 0 unspecified atom stereocenters. The van der Waals surface area contributed by atoms with Gasteiger partial charge in [-0.2, -0.15) is 0 Å². The number of benzene rings is 2. The van der Waals surface area contributed by atoms with Crippen LogP contribution in [0, 0.1) is 0 Å². The number of hydrogen-bond acceptors (Lipinski definition) is 4. The van der Waals surface area contributed by atoms with E-state index in [4.69, 9.17) is 21.1 Å². The Hall–Kier alpha value is -2.46. The topological polar surface area (TPSA) is 55.8 Å². The van der Waals surface area contributed by atoms with E-state index in [9.17, 15) is 9.90 Å². The molecule has 0 fully saturated rings. The van der Waals surface area contributed by atoms with Crippen molar-refractivity contribution < 1.29 is 19.4 Å². The van der Waals surface area contributed by atoms with E-state index in [1.165, 1.54) is 18.2 Å². The molecular weight excluding hydrogens is 304 g/mol. The average molecular weight is 317 g/mol. The lowest BCUT2D eigenvalue weighted by Crippen LogP contribution is -2.15. The molecular formula is C17H13ClO4. The Bertz CT molecular complexity index is 735. The maximum atomic E-state index is 12.0. The molecule has 0 saturated carbocycles. The van der Waals surface area contributed by atoms with Gasteiger partial charge in [0.2, 0.25) is 0 Å². The van der Waals surface area contributed by atoms with E-state index in [0.717, 1.165) is 5.56 Å². The van der Waals surface area contributed by atoms with Crippen molar-refractivity contribution in [2.24, 2.45) is 0 Å². The van der Waals surface area contributed by atoms with Crippen molar-refractivity contribution in [1.29, 1.82) is 0 Å². The summed E-state index contributed by atoms with van der Waals surface area (Å²) in [6.45, 7) is 0.949. The van der Waals surface area contributed by atoms with Crippen molar-refractivity contribution in [2.75, 3.05) is 13.2 Å². The summed E-state index contributed by atoms with van der Waals surface area (Å²) in [5, 5.41) is 9.67.